The van der Waals surface area contributed by atoms with Gasteiger partial charge in [-0.25, -0.2) is 0 Å². The van der Waals surface area contributed by atoms with E-state index in [1.807, 2.05) is 59.5 Å². The predicted octanol–water partition coefficient (Wildman–Crippen LogP) is 3.71. The average Bonchev–Trinajstić information content (AvgIpc) is 2.66. The van der Waals surface area contributed by atoms with Crippen LogP contribution >= 0.6 is 11.6 Å². The van der Waals surface area contributed by atoms with Crippen LogP contribution in [0.25, 0.3) is 6.08 Å². The van der Waals surface area contributed by atoms with Crippen molar-refractivity contribution in [3.63, 3.8) is 0 Å². The van der Waals surface area contributed by atoms with Crippen molar-refractivity contribution >= 4 is 29.3 Å². The van der Waals surface area contributed by atoms with Gasteiger partial charge in [-0.15, -0.1) is 0 Å². The van der Waals surface area contributed by atoms with Crippen LogP contribution in [-0.4, -0.2) is 44.1 Å². The van der Waals surface area contributed by atoms with Crippen molar-refractivity contribution in [2.24, 2.45) is 0 Å². The van der Waals surface area contributed by atoms with E-state index < -0.39 is 0 Å². The molecule has 25 heavy (non-hydrogen) atoms. The number of hydrogen-bond acceptors (Lipinski definition) is 3. The third-order valence-corrected chi connectivity index (χ3v) is 4.51. The highest BCUT2D eigenvalue weighted by Crippen LogP contribution is 2.21. The summed E-state index contributed by atoms with van der Waals surface area (Å²) in [6.45, 7) is 3.01. The zero-order valence-corrected chi connectivity index (χ0v) is 14.9. The number of benzene rings is 2. The second-order valence-electron chi connectivity index (χ2n) is 5.90. The number of methoxy groups -OCH3 is 1. The largest absolute Gasteiger partial charge is 0.497 e. The van der Waals surface area contributed by atoms with Crippen molar-refractivity contribution in [3.05, 3.63) is 65.2 Å². The lowest BCUT2D eigenvalue weighted by Crippen LogP contribution is -2.48. The summed E-state index contributed by atoms with van der Waals surface area (Å²) in [7, 11) is 1.63. The van der Waals surface area contributed by atoms with Gasteiger partial charge in [0, 0.05) is 43.0 Å². The zero-order chi connectivity index (χ0) is 17.6. The molecule has 0 bridgehead atoms. The smallest absolute Gasteiger partial charge is 0.246 e. The Morgan fingerprint density at radius 2 is 1.84 bits per heavy atom. The summed E-state index contributed by atoms with van der Waals surface area (Å²) in [5.74, 6) is 0.818. The second-order valence-corrected chi connectivity index (χ2v) is 6.34. The fourth-order valence-electron chi connectivity index (χ4n) is 2.88. The van der Waals surface area contributed by atoms with Crippen molar-refractivity contribution in [1.29, 1.82) is 0 Å². The molecule has 2 aromatic rings. The number of halogens is 1. The van der Waals surface area contributed by atoms with Gasteiger partial charge in [0.2, 0.25) is 5.91 Å². The molecule has 0 aliphatic carbocycles. The molecule has 2 aromatic carbocycles. The van der Waals surface area contributed by atoms with E-state index in [0.717, 1.165) is 35.1 Å². The number of carbonyl (C=O) groups is 1. The minimum absolute atomic E-state index is 0.0357. The summed E-state index contributed by atoms with van der Waals surface area (Å²) in [5, 5.41) is 0.734. The summed E-state index contributed by atoms with van der Waals surface area (Å²) in [5.41, 5.74) is 2.05. The summed E-state index contributed by atoms with van der Waals surface area (Å²) in [6.07, 6.45) is 3.46. The molecule has 1 heterocycles. The highest BCUT2D eigenvalue weighted by Gasteiger charge is 2.19. The minimum atomic E-state index is 0.0357. The standard InChI is InChI=1S/C20H21ClN2O2/c1-25-19-7-2-4-16(14-19)8-9-20(24)23-12-10-22(11-13-23)18-6-3-5-17(21)15-18/h2-9,14-15H,10-13H2,1H3/b9-8+. The average molecular weight is 357 g/mol. The molecule has 0 N–H and O–H groups in total. The van der Waals surface area contributed by atoms with Crippen LogP contribution in [0, 0.1) is 0 Å². The van der Waals surface area contributed by atoms with E-state index in [4.69, 9.17) is 16.3 Å². The Hall–Kier alpha value is -2.46. The molecule has 5 heteroatoms. The van der Waals surface area contributed by atoms with Crippen LogP contribution in [0.1, 0.15) is 5.56 Å². The fraction of sp³-hybridized carbons (Fsp3) is 0.250. The van der Waals surface area contributed by atoms with Gasteiger partial charge in [-0.1, -0.05) is 29.8 Å². The van der Waals surface area contributed by atoms with Crippen molar-refractivity contribution in [2.75, 3.05) is 38.2 Å². The molecule has 1 saturated heterocycles. The Kier molecular flexibility index (Phi) is 5.61. The zero-order valence-electron chi connectivity index (χ0n) is 14.2. The van der Waals surface area contributed by atoms with E-state index in [9.17, 15) is 4.79 Å². The van der Waals surface area contributed by atoms with Crippen LogP contribution in [0.3, 0.4) is 0 Å². The van der Waals surface area contributed by atoms with Gasteiger partial charge in [0.25, 0.3) is 0 Å². The number of carbonyl (C=O) groups excluding carboxylic acids is 1. The van der Waals surface area contributed by atoms with Gasteiger partial charge in [0.1, 0.15) is 5.75 Å². The van der Waals surface area contributed by atoms with E-state index in [1.165, 1.54) is 0 Å². The first-order valence-electron chi connectivity index (χ1n) is 8.27. The Morgan fingerprint density at radius 1 is 1.08 bits per heavy atom. The Morgan fingerprint density at radius 3 is 2.56 bits per heavy atom. The fourth-order valence-corrected chi connectivity index (χ4v) is 3.06. The Balaban J connectivity index is 1.57. The maximum absolute atomic E-state index is 12.4. The lowest BCUT2D eigenvalue weighted by atomic mass is 10.2. The molecule has 1 fully saturated rings. The van der Waals surface area contributed by atoms with Gasteiger partial charge < -0.3 is 14.5 Å². The van der Waals surface area contributed by atoms with Gasteiger partial charge in [0.15, 0.2) is 0 Å². The summed E-state index contributed by atoms with van der Waals surface area (Å²) < 4.78 is 5.20. The number of nitrogens with zero attached hydrogens (tertiary/aromatic N) is 2. The van der Waals surface area contributed by atoms with Gasteiger partial charge >= 0.3 is 0 Å². The molecular formula is C20H21ClN2O2. The van der Waals surface area contributed by atoms with Crippen LogP contribution in [0.15, 0.2) is 54.6 Å². The Bertz CT molecular complexity index is 768. The number of hydrogen-bond donors (Lipinski definition) is 0. The van der Waals surface area contributed by atoms with Crippen molar-refractivity contribution < 1.29 is 9.53 Å². The van der Waals surface area contributed by atoms with E-state index in [1.54, 1.807) is 13.2 Å². The van der Waals surface area contributed by atoms with Gasteiger partial charge in [-0.3, -0.25) is 4.79 Å². The van der Waals surface area contributed by atoms with Crippen LogP contribution in [0.5, 0.6) is 5.75 Å². The molecule has 130 valence electrons. The topological polar surface area (TPSA) is 32.8 Å². The molecule has 0 aromatic heterocycles. The van der Waals surface area contributed by atoms with Crippen molar-refractivity contribution in [3.8, 4) is 5.75 Å². The molecule has 0 spiro atoms. The maximum Gasteiger partial charge on any atom is 0.246 e. The van der Waals surface area contributed by atoms with Crippen LogP contribution in [0.4, 0.5) is 5.69 Å². The SMILES string of the molecule is COc1cccc(/C=C/C(=O)N2CCN(c3cccc(Cl)c3)CC2)c1. The molecule has 0 unspecified atom stereocenters. The third kappa shape index (κ3) is 4.54. The number of ether oxygens (including phenoxy) is 1. The number of piperazine rings is 1. The van der Waals surface area contributed by atoms with Gasteiger partial charge in [-0.05, 0) is 42.0 Å². The maximum atomic E-state index is 12.4. The number of amides is 1. The van der Waals surface area contributed by atoms with Crippen LogP contribution in [0.2, 0.25) is 5.02 Å². The van der Waals surface area contributed by atoms with Gasteiger partial charge in [0.05, 0.1) is 7.11 Å². The summed E-state index contributed by atoms with van der Waals surface area (Å²) in [6, 6.07) is 15.5. The molecule has 0 saturated carbocycles. The van der Waals surface area contributed by atoms with E-state index in [2.05, 4.69) is 4.90 Å². The highest BCUT2D eigenvalue weighted by molar-refractivity contribution is 6.30. The molecular weight excluding hydrogens is 336 g/mol. The van der Waals surface area contributed by atoms with Gasteiger partial charge in [-0.2, -0.15) is 0 Å². The normalized spacial score (nSPS) is 14.8. The third-order valence-electron chi connectivity index (χ3n) is 4.28. The molecule has 0 atom stereocenters. The second kappa shape index (κ2) is 8.08. The molecule has 1 aliphatic rings. The number of rotatable bonds is 4. The number of anilines is 1. The van der Waals surface area contributed by atoms with E-state index in [0.29, 0.717) is 13.1 Å². The summed E-state index contributed by atoms with van der Waals surface area (Å²) in [4.78, 5) is 16.5. The van der Waals surface area contributed by atoms with Crippen molar-refractivity contribution in [1.82, 2.24) is 4.90 Å². The summed E-state index contributed by atoms with van der Waals surface area (Å²) >= 11 is 6.05. The molecule has 0 radical (unpaired) electrons. The quantitative estimate of drug-likeness (QED) is 0.783. The monoisotopic (exact) mass is 356 g/mol. The minimum Gasteiger partial charge on any atom is -0.497 e. The first-order valence-corrected chi connectivity index (χ1v) is 8.65. The van der Waals surface area contributed by atoms with E-state index >= 15 is 0 Å². The molecule has 1 aliphatic heterocycles. The van der Waals surface area contributed by atoms with Crippen molar-refractivity contribution in [2.45, 2.75) is 0 Å². The predicted molar refractivity (Wildman–Crippen MR) is 102 cm³/mol. The Labute approximate surface area is 153 Å². The van der Waals surface area contributed by atoms with Crippen LogP contribution < -0.4 is 9.64 Å². The highest BCUT2D eigenvalue weighted by atomic mass is 35.5. The first-order chi connectivity index (χ1) is 12.2. The lowest BCUT2D eigenvalue weighted by Gasteiger charge is -2.35. The van der Waals surface area contributed by atoms with Crippen LogP contribution in [-0.2, 0) is 4.79 Å². The first kappa shape index (κ1) is 17.4. The van der Waals surface area contributed by atoms with E-state index in [-0.39, 0.29) is 5.91 Å². The molecule has 1 amide bonds. The molecule has 4 nitrogen and oxygen atoms in total. The molecule has 3 rings (SSSR count). The lowest BCUT2D eigenvalue weighted by molar-refractivity contribution is -0.126.